The zero-order valence-electron chi connectivity index (χ0n) is 13.0. The number of rotatable bonds is 6. The fourth-order valence-electron chi connectivity index (χ4n) is 3.76. The minimum Gasteiger partial charge on any atom is -0.481 e. The minimum atomic E-state index is -0.678. The quantitative estimate of drug-likeness (QED) is 0.748. The number of ether oxygens (including phenoxy) is 2. The van der Waals surface area contributed by atoms with E-state index in [1.165, 1.54) is 0 Å². The van der Waals surface area contributed by atoms with Gasteiger partial charge in [-0.15, -0.1) is 0 Å². The summed E-state index contributed by atoms with van der Waals surface area (Å²) in [5.41, 5.74) is -0.0150. The van der Waals surface area contributed by atoms with Crippen LogP contribution in [0.25, 0.3) is 0 Å². The van der Waals surface area contributed by atoms with E-state index < -0.39 is 5.97 Å². The van der Waals surface area contributed by atoms with E-state index in [0.717, 1.165) is 38.7 Å². The van der Waals surface area contributed by atoms with Crippen LogP contribution >= 0.6 is 0 Å². The Morgan fingerprint density at radius 3 is 2.68 bits per heavy atom. The van der Waals surface area contributed by atoms with Gasteiger partial charge in [0.05, 0.1) is 31.7 Å². The highest BCUT2D eigenvalue weighted by Crippen LogP contribution is 2.59. The molecule has 2 heterocycles. The van der Waals surface area contributed by atoms with E-state index >= 15 is 0 Å². The second kappa shape index (κ2) is 6.54. The van der Waals surface area contributed by atoms with Crippen molar-refractivity contribution in [3.05, 3.63) is 0 Å². The molecule has 6 heteroatoms. The van der Waals surface area contributed by atoms with Gasteiger partial charge in [0.1, 0.15) is 0 Å². The van der Waals surface area contributed by atoms with Crippen molar-refractivity contribution in [2.75, 3.05) is 32.9 Å². The van der Waals surface area contributed by atoms with Crippen molar-refractivity contribution in [2.45, 2.75) is 44.6 Å². The lowest BCUT2D eigenvalue weighted by molar-refractivity contribution is -0.140. The van der Waals surface area contributed by atoms with Crippen LogP contribution in [0.3, 0.4) is 0 Å². The van der Waals surface area contributed by atoms with Crippen molar-refractivity contribution in [2.24, 2.45) is 11.3 Å². The molecule has 124 valence electrons. The summed E-state index contributed by atoms with van der Waals surface area (Å²) in [4.78, 5) is 25.0. The summed E-state index contributed by atoms with van der Waals surface area (Å²) >= 11 is 0. The molecule has 1 N–H and O–H groups in total. The number of carboxylic acid groups (broad SMARTS) is 1. The maximum atomic E-state index is 12.1. The van der Waals surface area contributed by atoms with Crippen LogP contribution in [0.2, 0.25) is 0 Å². The molecule has 6 nitrogen and oxygen atoms in total. The van der Waals surface area contributed by atoms with Crippen LogP contribution in [0.5, 0.6) is 0 Å². The van der Waals surface area contributed by atoms with Crippen LogP contribution in [0.1, 0.15) is 38.5 Å². The molecule has 1 spiro atoms. The fourth-order valence-corrected chi connectivity index (χ4v) is 3.76. The summed E-state index contributed by atoms with van der Waals surface area (Å²) in [6.45, 7) is 3.22. The molecule has 3 fully saturated rings. The minimum absolute atomic E-state index is 0.0150. The molecule has 2 unspecified atom stereocenters. The monoisotopic (exact) mass is 311 g/mol. The average molecular weight is 311 g/mol. The van der Waals surface area contributed by atoms with E-state index in [2.05, 4.69) is 0 Å². The second-order valence-corrected chi connectivity index (χ2v) is 6.80. The van der Waals surface area contributed by atoms with Gasteiger partial charge < -0.3 is 19.5 Å². The van der Waals surface area contributed by atoms with Crippen LogP contribution < -0.4 is 0 Å². The average Bonchev–Trinajstić information content (AvgIpc) is 2.96. The topological polar surface area (TPSA) is 76.1 Å². The number of nitrogens with zero attached hydrogens (tertiary/aromatic N) is 1. The summed E-state index contributed by atoms with van der Waals surface area (Å²) in [7, 11) is 0. The lowest BCUT2D eigenvalue weighted by Gasteiger charge is -2.32. The summed E-state index contributed by atoms with van der Waals surface area (Å²) < 4.78 is 11.0. The van der Waals surface area contributed by atoms with E-state index in [4.69, 9.17) is 14.6 Å². The molecule has 3 aliphatic rings. The van der Waals surface area contributed by atoms with Gasteiger partial charge in [0.25, 0.3) is 0 Å². The number of carbonyl (C=O) groups is 2. The number of hydrogen-bond donors (Lipinski definition) is 1. The van der Waals surface area contributed by atoms with Crippen LogP contribution in [0.4, 0.5) is 0 Å². The standard InChI is InChI=1S/C16H25NO5/c18-14(3-9-21-11-12-2-1-8-22-12)17-6-4-16(5-7-17)10-13(16)15(19)20/h12-13H,1-11H2,(H,19,20). The molecule has 0 aromatic heterocycles. The molecule has 2 saturated heterocycles. The van der Waals surface area contributed by atoms with Crippen LogP contribution in [-0.4, -0.2) is 60.9 Å². The highest BCUT2D eigenvalue weighted by molar-refractivity contribution is 5.77. The SMILES string of the molecule is O=C(O)C1CC12CCN(C(=O)CCOCC1CCCO1)CC2. The molecule has 1 saturated carbocycles. The van der Waals surface area contributed by atoms with Crippen LogP contribution in [0.15, 0.2) is 0 Å². The Hall–Kier alpha value is -1.14. The largest absolute Gasteiger partial charge is 0.481 e. The smallest absolute Gasteiger partial charge is 0.307 e. The van der Waals surface area contributed by atoms with E-state index in [9.17, 15) is 9.59 Å². The molecule has 2 aliphatic heterocycles. The van der Waals surface area contributed by atoms with E-state index in [1.54, 1.807) is 0 Å². The molecular weight excluding hydrogens is 286 g/mol. The molecule has 2 atom stereocenters. The Morgan fingerprint density at radius 2 is 2.09 bits per heavy atom. The Kier molecular flexibility index (Phi) is 4.68. The van der Waals surface area contributed by atoms with Gasteiger partial charge in [-0.3, -0.25) is 9.59 Å². The summed E-state index contributed by atoms with van der Waals surface area (Å²) in [5.74, 6) is -0.739. The molecule has 0 aromatic carbocycles. The first-order chi connectivity index (χ1) is 10.6. The van der Waals surface area contributed by atoms with Crippen molar-refractivity contribution in [3.8, 4) is 0 Å². The maximum Gasteiger partial charge on any atom is 0.307 e. The third-order valence-corrected chi connectivity index (χ3v) is 5.39. The molecule has 3 rings (SSSR count). The number of hydrogen-bond acceptors (Lipinski definition) is 4. The predicted molar refractivity (Wildman–Crippen MR) is 78.4 cm³/mol. The Bertz CT molecular complexity index is 424. The predicted octanol–water partition coefficient (Wildman–Crippen LogP) is 1.29. The zero-order chi connectivity index (χ0) is 15.6. The molecular formula is C16H25NO5. The van der Waals surface area contributed by atoms with Gasteiger partial charge in [0.15, 0.2) is 0 Å². The third-order valence-electron chi connectivity index (χ3n) is 5.39. The number of amides is 1. The number of likely N-dealkylation sites (tertiary alicyclic amines) is 1. The number of carbonyl (C=O) groups excluding carboxylic acids is 1. The highest BCUT2D eigenvalue weighted by Gasteiger charge is 2.59. The molecule has 1 aliphatic carbocycles. The number of carboxylic acids is 1. The van der Waals surface area contributed by atoms with Crippen LogP contribution in [-0.2, 0) is 19.1 Å². The Morgan fingerprint density at radius 1 is 1.32 bits per heavy atom. The maximum absolute atomic E-state index is 12.1. The van der Waals surface area contributed by atoms with Crippen molar-refractivity contribution in [1.82, 2.24) is 4.90 Å². The lowest BCUT2D eigenvalue weighted by Crippen LogP contribution is -2.40. The second-order valence-electron chi connectivity index (χ2n) is 6.80. The number of piperidine rings is 1. The third kappa shape index (κ3) is 3.43. The van der Waals surface area contributed by atoms with Gasteiger partial charge in [0.2, 0.25) is 5.91 Å². The molecule has 0 radical (unpaired) electrons. The number of aliphatic carboxylic acids is 1. The zero-order valence-corrected chi connectivity index (χ0v) is 13.0. The van der Waals surface area contributed by atoms with Gasteiger partial charge >= 0.3 is 5.97 Å². The van der Waals surface area contributed by atoms with Crippen molar-refractivity contribution in [3.63, 3.8) is 0 Å². The first kappa shape index (κ1) is 15.7. The van der Waals surface area contributed by atoms with E-state index in [1.807, 2.05) is 4.90 Å². The van der Waals surface area contributed by atoms with Crippen molar-refractivity contribution < 1.29 is 24.2 Å². The van der Waals surface area contributed by atoms with Gasteiger partial charge in [-0.25, -0.2) is 0 Å². The lowest BCUT2D eigenvalue weighted by atomic mass is 9.90. The van der Waals surface area contributed by atoms with E-state index in [0.29, 0.717) is 32.7 Å². The molecule has 0 bridgehead atoms. The van der Waals surface area contributed by atoms with Crippen molar-refractivity contribution >= 4 is 11.9 Å². The van der Waals surface area contributed by atoms with Gasteiger partial charge in [-0.2, -0.15) is 0 Å². The summed E-state index contributed by atoms with van der Waals surface area (Å²) in [5, 5.41) is 9.07. The van der Waals surface area contributed by atoms with E-state index in [-0.39, 0.29) is 23.3 Å². The van der Waals surface area contributed by atoms with Gasteiger partial charge in [-0.05, 0) is 37.5 Å². The fraction of sp³-hybridized carbons (Fsp3) is 0.875. The van der Waals surface area contributed by atoms with Crippen LogP contribution in [0, 0.1) is 11.3 Å². The van der Waals surface area contributed by atoms with Gasteiger partial charge in [0, 0.05) is 19.7 Å². The molecule has 1 amide bonds. The normalized spacial score (nSPS) is 29.7. The Labute approximate surface area is 130 Å². The molecule has 22 heavy (non-hydrogen) atoms. The first-order valence-corrected chi connectivity index (χ1v) is 8.31. The highest BCUT2D eigenvalue weighted by atomic mass is 16.5. The molecule has 0 aromatic rings. The summed E-state index contributed by atoms with van der Waals surface area (Å²) in [6, 6.07) is 0. The van der Waals surface area contributed by atoms with Crippen molar-refractivity contribution in [1.29, 1.82) is 0 Å². The first-order valence-electron chi connectivity index (χ1n) is 8.31. The Balaban J connectivity index is 1.31. The van der Waals surface area contributed by atoms with Gasteiger partial charge in [-0.1, -0.05) is 0 Å². The summed E-state index contributed by atoms with van der Waals surface area (Å²) in [6.07, 6.45) is 5.19.